The van der Waals surface area contributed by atoms with Crippen molar-refractivity contribution in [3.63, 3.8) is 0 Å². The zero-order valence-electron chi connectivity index (χ0n) is 15.1. The van der Waals surface area contributed by atoms with E-state index in [1.165, 1.54) is 18.9 Å². The number of hydrogen-bond donors (Lipinski definition) is 1. The molecule has 0 radical (unpaired) electrons. The highest BCUT2D eigenvalue weighted by molar-refractivity contribution is 7.89. The fraction of sp³-hybridized carbons (Fsp3) is 0.389. The summed E-state index contributed by atoms with van der Waals surface area (Å²) < 4.78 is 32.2. The number of hydrogen-bond acceptors (Lipinski definition) is 7. The molecule has 146 valence electrons. The van der Waals surface area contributed by atoms with Crippen molar-refractivity contribution in [2.45, 2.75) is 4.90 Å². The first-order valence-corrected chi connectivity index (χ1v) is 11.1. The minimum atomic E-state index is -3.73. The monoisotopic (exact) mass is 409 g/mol. The van der Waals surface area contributed by atoms with E-state index in [1.54, 1.807) is 5.38 Å². The average Bonchev–Trinajstić information content (AvgIpc) is 3.19. The Morgan fingerprint density at radius 1 is 1.15 bits per heavy atom. The Hall–Kier alpha value is -1.94. The van der Waals surface area contributed by atoms with Crippen molar-refractivity contribution in [2.75, 3.05) is 51.3 Å². The van der Waals surface area contributed by atoms with Crippen molar-refractivity contribution in [3.05, 3.63) is 46.7 Å². The molecule has 0 bridgehead atoms. The van der Waals surface area contributed by atoms with Crippen LogP contribution in [-0.4, -0.2) is 65.7 Å². The van der Waals surface area contributed by atoms with E-state index < -0.39 is 16.0 Å². The van der Waals surface area contributed by atoms with Crippen LogP contribution >= 0.6 is 11.3 Å². The van der Waals surface area contributed by atoms with Crippen molar-refractivity contribution in [1.82, 2.24) is 9.62 Å². The number of anilines is 1. The zero-order chi connectivity index (χ0) is 19.3. The van der Waals surface area contributed by atoms with Gasteiger partial charge in [0.25, 0.3) is 0 Å². The maximum atomic E-state index is 12.5. The lowest BCUT2D eigenvalue weighted by molar-refractivity contribution is 0.0602. The molecule has 2 heterocycles. The van der Waals surface area contributed by atoms with Gasteiger partial charge in [-0.15, -0.1) is 11.3 Å². The Labute approximate surface area is 163 Å². The molecule has 0 unspecified atom stereocenters. The van der Waals surface area contributed by atoms with Crippen molar-refractivity contribution in [3.8, 4) is 0 Å². The number of benzene rings is 1. The second-order valence-corrected chi connectivity index (χ2v) is 8.82. The van der Waals surface area contributed by atoms with Gasteiger partial charge in [0.1, 0.15) is 9.77 Å². The van der Waals surface area contributed by atoms with E-state index in [4.69, 9.17) is 0 Å². The molecule has 9 heteroatoms. The molecule has 0 atom stereocenters. The van der Waals surface area contributed by atoms with Crippen LogP contribution in [-0.2, 0) is 14.8 Å². The first kappa shape index (κ1) is 19.8. The minimum Gasteiger partial charge on any atom is -0.465 e. The SMILES string of the molecule is COC(=O)c1sccc1S(=O)(=O)NCCN1CCN(c2ccccc2)CC1. The fourth-order valence-electron chi connectivity index (χ4n) is 3.04. The second-order valence-electron chi connectivity index (χ2n) is 6.17. The average molecular weight is 410 g/mol. The topological polar surface area (TPSA) is 78.9 Å². The molecule has 1 aliphatic rings. The van der Waals surface area contributed by atoms with Gasteiger partial charge in [-0.25, -0.2) is 17.9 Å². The third kappa shape index (κ3) is 4.86. The number of ether oxygens (including phenoxy) is 1. The van der Waals surface area contributed by atoms with Crippen LogP contribution in [0.3, 0.4) is 0 Å². The summed E-state index contributed by atoms with van der Waals surface area (Å²) in [6.07, 6.45) is 0. The molecule has 0 saturated carbocycles. The van der Waals surface area contributed by atoms with Crippen molar-refractivity contribution >= 4 is 33.0 Å². The summed E-state index contributed by atoms with van der Waals surface area (Å²) in [5.41, 5.74) is 1.21. The van der Waals surface area contributed by atoms with Gasteiger partial charge in [-0.3, -0.25) is 4.90 Å². The molecule has 1 aliphatic heterocycles. The smallest absolute Gasteiger partial charge is 0.349 e. The molecule has 1 fully saturated rings. The summed E-state index contributed by atoms with van der Waals surface area (Å²) in [5, 5.41) is 1.57. The Morgan fingerprint density at radius 3 is 2.52 bits per heavy atom. The molecule has 3 rings (SSSR count). The third-order valence-electron chi connectivity index (χ3n) is 4.50. The molecular weight excluding hydrogens is 386 g/mol. The molecule has 27 heavy (non-hydrogen) atoms. The van der Waals surface area contributed by atoms with E-state index >= 15 is 0 Å². The van der Waals surface area contributed by atoms with Gasteiger partial charge in [0.05, 0.1) is 7.11 Å². The highest BCUT2D eigenvalue weighted by Gasteiger charge is 2.25. The lowest BCUT2D eigenvalue weighted by atomic mass is 10.2. The van der Waals surface area contributed by atoms with Crippen LogP contribution in [0.2, 0.25) is 0 Å². The Morgan fingerprint density at radius 2 is 1.85 bits per heavy atom. The quantitative estimate of drug-likeness (QED) is 0.701. The van der Waals surface area contributed by atoms with E-state index in [-0.39, 0.29) is 9.77 Å². The first-order valence-electron chi connectivity index (χ1n) is 8.69. The van der Waals surface area contributed by atoms with Gasteiger partial charge in [0.2, 0.25) is 10.0 Å². The summed E-state index contributed by atoms with van der Waals surface area (Å²) >= 11 is 1.06. The number of rotatable bonds is 7. The highest BCUT2D eigenvalue weighted by atomic mass is 32.2. The van der Waals surface area contributed by atoms with Gasteiger partial charge in [0, 0.05) is 45.0 Å². The van der Waals surface area contributed by atoms with Crippen LogP contribution in [0, 0.1) is 0 Å². The Balaban J connectivity index is 1.49. The molecule has 1 aromatic heterocycles. The lowest BCUT2D eigenvalue weighted by Gasteiger charge is -2.36. The predicted molar refractivity (Wildman–Crippen MR) is 106 cm³/mol. The number of esters is 1. The number of sulfonamides is 1. The summed E-state index contributed by atoms with van der Waals surface area (Å²) in [7, 11) is -2.50. The number of methoxy groups -OCH3 is 1. The molecule has 1 saturated heterocycles. The van der Waals surface area contributed by atoms with Gasteiger partial charge in [0.15, 0.2) is 0 Å². The number of nitrogens with one attached hydrogen (secondary N) is 1. The van der Waals surface area contributed by atoms with Crippen LogP contribution in [0.4, 0.5) is 5.69 Å². The summed E-state index contributed by atoms with van der Waals surface area (Å²) in [4.78, 5) is 16.3. The minimum absolute atomic E-state index is 0.0201. The number of carbonyl (C=O) groups excluding carboxylic acids is 1. The number of thiophene rings is 1. The van der Waals surface area contributed by atoms with Crippen LogP contribution in [0.5, 0.6) is 0 Å². The van der Waals surface area contributed by atoms with Gasteiger partial charge in [-0.2, -0.15) is 0 Å². The number of piperazine rings is 1. The number of carbonyl (C=O) groups is 1. The maximum Gasteiger partial charge on any atom is 0.349 e. The molecule has 2 aromatic rings. The lowest BCUT2D eigenvalue weighted by Crippen LogP contribution is -2.48. The molecule has 0 aliphatic carbocycles. The largest absolute Gasteiger partial charge is 0.465 e. The maximum absolute atomic E-state index is 12.5. The van der Waals surface area contributed by atoms with Crippen LogP contribution in [0.1, 0.15) is 9.67 Å². The van der Waals surface area contributed by atoms with Gasteiger partial charge in [-0.1, -0.05) is 18.2 Å². The molecule has 7 nitrogen and oxygen atoms in total. The van der Waals surface area contributed by atoms with Crippen LogP contribution < -0.4 is 9.62 Å². The Bertz CT molecular complexity index is 860. The highest BCUT2D eigenvalue weighted by Crippen LogP contribution is 2.22. The summed E-state index contributed by atoms with van der Waals surface area (Å²) in [6.45, 7) is 4.50. The van der Waals surface area contributed by atoms with E-state index in [9.17, 15) is 13.2 Å². The zero-order valence-corrected chi connectivity index (χ0v) is 16.8. The van der Waals surface area contributed by atoms with E-state index in [0.29, 0.717) is 13.1 Å². The number of para-hydroxylation sites is 1. The number of nitrogens with zero attached hydrogens (tertiary/aromatic N) is 2. The normalized spacial score (nSPS) is 15.7. The standard InChI is InChI=1S/C18H23N3O4S2/c1-25-18(22)17-16(7-14-26-17)27(23,24)19-8-9-20-10-12-21(13-11-20)15-5-3-2-4-6-15/h2-7,14,19H,8-13H2,1H3. The van der Waals surface area contributed by atoms with Gasteiger partial charge in [-0.05, 0) is 23.6 Å². The van der Waals surface area contributed by atoms with E-state index in [2.05, 4.69) is 31.4 Å². The molecule has 0 amide bonds. The van der Waals surface area contributed by atoms with Crippen molar-refractivity contribution in [1.29, 1.82) is 0 Å². The van der Waals surface area contributed by atoms with Crippen molar-refractivity contribution in [2.24, 2.45) is 0 Å². The molecule has 0 spiro atoms. The third-order valence-corrected chi connectivity index (χ3v) is 7.03. The Kier molecular flexibility index (Phi) is 6.48. The first-order chi connectivity index (χ1) is 13.0. The second kappa shape index (κ2) is 8.83. The van der Waals surface area contributed by atoms with Crippen LogP contribution in [0.25, 0.3) is 0 Å². The molecule has 1 N–H and O–H groups in total. The summed E-state index contributed by atoms with van der Waals surface area (Å²) in [6, 6.07) is 11.7. The summed E-state index contributed by atoms with van der Waals surface area (Å²) in [5.74, 6) is -0.637. The van der Waals surface area contributed by atoms with Crippen LogP contribution in [0.15, 0.2) is 46.7 Å². The molecule has 1 aromatic carbocycles. The van der Waals surface area contributed by atoms with E-state index in [0.717, 1.165) is 37.5 Å². The fourth-order valence-corrected chi connectivity index (χ4v) is 5.39. The van der Waals surface area contributed by atoms with Gasteiger partial charge >= 0.3 is 5.97 Å². The van der Waals surface area contributed by atoms with Crippen molar-refractivity contribution < 1.29 is 17.9 Å². The predicted octanol–water partition coefficient (Wildman–Crippen LogP) is 1.64. The van der Waals surface area contributed by atoms with Gasteiger partial charge < -0.3 is 9.64 Å². The van der Waals surface area contributed by atoms with E-state index in [1.807, 2.05) is 18.2 Å². The molecular formula is C18H23N3O4S2.